The minimum atomic E-state index is 0.0631. The van der Waals surface area contributed by atoms with E-state index in [0.717, 1.165) is 63.7 Å². The number of anilines is 2. The molecule has 8 heteroatoms. The van der Waals surface area contributed by atoms with Gasteiger partial charge < -0.3 is 20.9 Å². The van der Waals surface area contributed by atoms with Gasteiger partial charge in [-0.05, 0) is 64.5 Å². The molecular formula is C19H20BrClN4OS. The lowest BCUT2D eigenvalue weighted by atomic mass is 9.98. The van der Waals surface area contributed by atoms with E-state index in [-0.39, 0.29) is 5.43 Å². The number of hydrogen-bond acceptors (Lipinski definition) is 5. The normalized spacial score (nSPS) is 16.1. The van der Waals surface area contributed by atoms with Gasteiger partial charge in [0.25, 0.3) is 0 Å². The Kier molecular flexibility index (Phi) is 5.73. The van der Waals surface area contributed by atoms with Gasteiger partial charge in [0, 0.05) is 34.7 Å². The summed E-state index contributed by atoms with van der Waals surface area (Å²) in [5.41, 5.74) is 3.29. The van der Waals surface area contributed by atoms with Crippen LogP contribution in [0.25, 0.3) is 10.2 Å². The van der Waals surface area contributed by atoms with E-state index < -0.39 is 0 Å². The van der Waals surface area contributed by atoms with Gasteiger partial charge in [0.15, 0.2) is 0 Å². The highest BCUT2D eigenvalue weighted by atomic mass is 79.9. The van der Waals surface area contributed by atoms with E-state index >= 15 is 0 Å². The molecule has 1 unspecified atom stereocenters. The zero-order valence-electron chi connectivity index (χ0n) is 14.6. The molecule has 5 nitrogen and oxygen atoms in total. The zero-order chi connectivity index (χ0) is 18.8. The number of H-pyrrole nitrogens is 1. The van der Waals surface area contributed by atoms with Gasteiger partial charge in [-0.3, -0.25) is 4.79 Å². The van der Waals surface area contributed by atoms with E-state index in [9.17, 15) is 4.79 Å². The minimum absolute atomic E-state index is 0.0631. The van der Waals surface area contributed by atoms with Gasteiger partial charge in [0.2, 0.25) is 5.43 Å². The molecule has 4 N–H and O–H groups in total. The topological polar surface area (TPSA) is 69.0 Å². The summed E-state index contributed by atoms with van der Waals surface area (Å²) in [6, 6.07) is 7.81. The molecule has 0 spiro atoms. The predicted octanol–water partition coefficient (Wildman–Crippen LogP) is 4.95. The molecule has 0 aliphatic carbocycles. The Morgan fingerprint density at radius 2 is 2.19 bits per heavy atom. The van der Waals surface area contributed by atoms with Crippen molar-refractivity contribution >= 4 is 60.6 Å². The molecule has 4 rings (SSSR count). The van der Waals surface area contributed by atoms with Crippen molar-refractivity contribution in [1.29, 1.82) is 0 Å². The second-order valence-corrected chi connectivity index (χ2v) is 8.77. The second-order valence-electron chi connectivity index (χ2n) is 6.56. The van der Waals surface area contributed by atoms with Crippen LogP contribution in [0.1, 0.15) is 24.4 Å². The number of rotatable bonds is 6. The Balaban J connectivity index is 1.31. The number of nitrogens with one attached hydrogen (secondary N) is 4. The van der Waals surface area contributed by atoms with Crippen LogP contribution in [0.5, 0.6) is 0 Å². The lowest BCUT2D eigenvalue weighted by Gasteiger charge is -2.28. The smallest absolute Gasteiger partial charge is 0.201 e. The van der Waals surface area contributed by atoms with Crippen molar-refractivity contribution in [3.63, 3.8) is 0 Å². The van der Waals surface area contributed by atoms with Gasteiger partial charge in [-0.1, -0.05) is 11.6 Å². The van der Waals surface area contributed by atoms with E-state index in [1.54, 1.807) is 6.07 Å². The van der Waals surface area contributed by atoms with Crippen LogP contribution in [0.2, 0.25) is 5.02 Å². The Hall–Kier alpha value is -1.54. The maximum absolute atomic E-state index is 12.0. The number of benzene rings is 1. The molecule has 0 fully saturated rings. The number of fused-ring (bicyclic) bond motifs is 2. The number of hydrogen-bond donors (Lipinski definition) is 4. The van der Waals surface area contributed by atoms with Gasteiger partial charge >= 0.3 is 0 Å². The van der Waals surface area contributed by atoms with Crippen LogP contribution >= 0.6 is 38.9 Å². The average Bonchev–Trinajstić information content (AvgIpc) is 3.11. The molecule has 3 aromatic rings. The van der Waals surface area contributed by atoms with Gasteiger partial charge in [0.1, 0.15) is 5.82 Å². The van der Waals surface area contributed by atoms with Crippen LogP contribution < -0.4 is 21.4 Å². The first-order valence-electron chi connectivity index (χ1n) is 8.92. The lowest BCUT2D eigenvalue weighted by Crippen LogP contribution is -2.30. The van der Waals surface area contributed by atoms with Crippen LogP contribution in [0.4, 0.5) is 11.5 Å². The zero-order valence-corrected chi connectivity index (χ0v) is 17.7. The van der Waals surface area contributed by atoms with E-state index in [1.807, 2.05) is 23.6 Å². The maximum Gasteiger partial charge on any atom is 0.201 e. The molecule has 0 radical (unpaired) electrons. The van der Waals surface area contributed by atoms with Crippen molar-refractivity contribution < 1.29 is 0 Å². The summed E-state index contributed by atoms with van der Waals surface area (Å²) in [5, 5.41) is 13.0. The number of aromatic amines is 1. The summed E-state index contributed by atoms with van der Waals surface area (Å²) < 4.78 is 1.78. The van der Waals surface area contributed by atoms with Gasteiger partial charge in [-0.25, -0.2) is 0 Å². The highest BCUT2D eigenvalue weighted by Crippen LogP contribution is 2.37. The highest BCUT2D eigenvalue weighted by molar-refractivity contribution is 9.10. The highest BCUT2D eigenvalue weighted by Gasteiger charge is 2.21. The van der Waals surface area contributed by atoms with Crippen LogP contribution in [0, 0.1) is 0 Å². The molecule has 1 atom stereocenters. The molecule has 27 heavy (non-hydrogen) atoms. The fraction of sp³-hybridized carbons (Fsp3) is 0.316. The van der Waals surface area contributed by atoms with E-state index in [0.29, 0.717) is 6.04 Å². The Morgan fingerprint density at radius 1 is 1.30 bits per heavy atom. The average molecular weight is 468 g/mol. The number of halogens is 2. The molecule has 0 saturated carbocycles. The summed E-state index contributed by atoms with van der Waals surface area (Å²) in [5.74, 6) is 0.772. The monoisotopic (exact) mass is 466 g/mol. The van der Waals surface area contributed by atoms with Gasteiger partial charge in [-0.15, -0.1) is 11.3 Å². The van der Waals surface area contributed by atoms with Crippen molar-refractivity contribution in [2.24, 2.45) is 0 Å². The Morgan fingerprint density at radius 3 is 3.07 bits per heavy atom. The Labute approximate surface area is 174 Å². The summed E-state index contributed by atoms with van der Waals surface area (Å²) >= 11 is 11.3. The third-order valence-electron chi connectivity index (χ3n) is 4.69. The van der Waals surface area contributed by atoms with Crippen molar-refractivity contribution in [1.82, 2.24) is 10.3 Å². The summed E-state index contributed by atoms with van der Waals surface area (Å²) in [7, 11) is 0. The molecule has 0 bridgehead atoms. The fourth-order valence-corrected chi connectivity index (χ4v) is 5.16. The first-order valence-corrected chi connectivity index (χ1v) is 11.0. The molecule has 0 saturated heterocycles. The first kappa shape index (κ1) is 18.8. The summed E-state index contributed by atoms with van der Waals surface area (Å²) in [6.45, 7) is 2.60. The number of thiophene rings is 1. The first-order chi connectivity index (χ1) is 13.1. The summed E-state index contributed by atoms with van der Waals surface area (Å²) in [6.07, 6.45) is 1.97. The van der Waals surface area contributed by atoms with Crippen molar-refractivity contribution in [2.75, 3.05) is 30.3 Å². The van der Waals surface area contributed by atoms with Gasteiger partial charge in [-0.2, -0.15) is 0 Å². The molecular weight excluding hydrogens is 448 g/mol. The van der Waals surface area contributed by atoms with Crippen molar-refractivity contribution in [3.05, 3.63) is 54.9 Å². The lowest BCUT2D eigenvalue weighted by molar-refractivity contribution is 0.497. The van der Waals surface area contributed by atoms with E-state index in [4.69, 9.17) is 11.6 Å². The quantitative estimate of drug-likeness (QED) is 0.387. The van der Waals surface area contributed by atoms with Crippen LogP contribution in [0.15, 0.2) is 38.9 Å². The number of aromatic nitrogens is 1. The summed E-state index contributed by atoms with van der Waals surface area (Å²) in [4.78, 5) is 15.3. The van der Waals surface area contributed by atoms with Crippen LogP contribution in [-0.4, -0.2) is 24.6 Å². The molecule has 1 aliphatic rings. The molecule has 2 aromatic heterocycles. The van der Waals surface area contributed by atoms with Crippen molar-refractivity contribution in [2.45, 2.75) is 18.9 Å². The SMILES string of the molecule is O=c1cc(NCCCNC2CCNc3c(Br)cc(Cl)cc32)[nH]c2ccsc12. The largest absolute Gasteiger partial charge is 0.384 e. The second kappa shape index (κ2) is 8.22. The molecule has 0 amide bonds. The van der Waals surface area contributed by atoms with Crippen LogP contribution in [0.3, 0.4) is 0 Å². The minimum Gasteiger partial charge on any atom is -0.384 e. The third kappa shape index (κ3) is 4.16. The molecule has 3 heterocycles. The van der Waals surface area contributed by atoms with Crippen molar-refractivity contribution in [3.8, 4) is 0 Å². The molecule has 142 valence electrons. The van der Waals surface area contributed by atoms with E-state index in [2.05, 4.69) is 36.9 Å². The Bertz CT molecular complexity index is 1020. The standard InChI is InChI=1S/C19H20BrClN4OS/c20-13-9-11(21)8-12-14(2-6-24-18(12)13)22-4-1-5-23-17-10-16(26)19-15(25-17)3-7-27-19/h3,7-10,14,22,24H,1-2,4-6H2,(H2,23,25,26). The molecule has 1 aliphatic heterocycles. The third-order valence-corrected chi connectivity index (χ3v) is 6.46. The van der Waals surface area contributed by atoms with Gasteiger partial charge in [0.05, 0.1) is 15.9 Å². The fourth-order valence-electron chi connectivity index (χ4n) is 3.42. The van der Waals surface area contributed by atoms with E-state index in [1.165, 1.54) is 16.9 Å². The van der Waals surface area contributed by atoms with Crippen LogP contribution in [-0.2, 0) is 0 Å². The molecule has 1 aromatic carbocycles. The number of pyridine rings is 1. The predicted molar refractivity (Wildman–Crippen MR) is 119 cm³/mol. The maximum atomic E-state index is 12.0.